The number of benzene rings is 1. The Morgan fingerprint density at radius 1 is 1.45 bits per heavy atom. The van der Waals surface area contributed by atoms with Gasteiger partial charge in [-0.15, -0.1) is 0 Å². The molecule has 1 heterocycles. The molecule has 0 radical (unpaired) electrons. The molecule has 1 aliphatic heterocycles. The van der Waals surface area contributed by atoms with Crippen LogP contribution in [0.25, 0.3) is 0 Å². The number of nitrogens with one attached hydrogen (secondary N) is 1. The predicted molar refractivity (Wildman–Crippen MR) is 82.3 cm³/mol. The lowest BCUT2D eigenvalue weighted by Gasteiger charge is -2.20. The van der Waals surface area contributed by atoms with Gasteiger partial charge in [-0.3, -0.25) is 0 Å². The number of aryl methyl sites for hydroxylation is 1. The third kappa shape index (κ3) is 4.22. The third-order valence-electron chi connectivity index (χ3n) is 3.83. The lowest BCUT2D eigenvalue weighted by molar-refractivity contribution is 0.166. The third-order valence-corrected chi connectivity index (χ3v) is 3.83. The smallest absolute Gasteiger partial charge is 0.124 e. The molecular formula is C17H27NO2. The molecule has 2 unspecified atom stereocenters. The van der Waals surface area contributed by atoms with Gasteiger partial charge in [0.25, 0.3) is 0 Å². The summed E-state index contributed by atoms with van der Waals surface area (Å²) in [4.78, 5) is 0. The van der Waals surface area contributed by atoms with Crippen LogP contribution in [0.2, 0.25) is 0 Å². The van der Waals surface area contributed by atoms with Gasteiger partial charge in [0.15, 0.2) is 0 Å². The van der Waals surface area contributed by atoms with Crippen LogP contribution in [0.1, 0.15) is 43.9 Å². The van der Waals surface area contributed by atoms with E-state index in [1.807, 2.05) is 0 Å². The second-order valence-corrected chi connectivity index (χ2v) is 5.76. The molecule has 0 saturated carbocycles. The highest BCUT2D eigenvalue weighted by molar-refractivity contribution is 5.39. The molecule has 2 rings (SSSR count). The van der Waals surface area contributed by atoms with Crippen molar-refractivity contribution in [1.82, 2.24) is 5.32 Å². The quantitative estimate of drug-likeness (QED) is 0.828. The molecule has 0 bridgehead atoms. The van der Waals surface area contributed by atoms with E-state index in [0.717, 1.165) is 45.0 Å². The Kier molecular flexibility index (Phi) is 5.86. The Bertz CT molecular complexity index is 413. The first-order valence-electron chi connectivity index (χ1n) is 7.75. The van der Waals surface area contributed by atoms with E-state index >= 15 is 0 Å². The minimum atomic E-state index is 0.324. The lowest BCUT2D eigenvalue weighted by Crippen LogP contribution is -2.21. The molecule has 1 aromatic carbocycles. The van der Waals surface area contributed by atoms with Crippen molar-refractivity contribution in [2.45, 2.75) is 39.7 Å². The molecule has 3 nitrogen and oxygen atoms in total. The Morgan fingerprint density at radius 3 is 3.00 bits per heavy atom. The van der Waals surface area contributed by atoms with E-state index in [-0.39, 0.29) is 0 Å². The van der Waals surface area contributed by atoms with E-state index in [1.165, 1.54) is 11.1 Å². The van der Waals surface area contributed by atoms with E-state index in [0.29, 0.717) is 12.0 Å². The van der Waals surface area contributed by atoms with Crippen molar-refractivity contribution in [2.24, 2.45) is 5.92 Å². The maximum atomic E-state index is 6.06. The summed E-state index contributed by atoms with van der Waals surface area (Å²) >= 11 is 0. The summed E-state index contributed by atoms with van der Waals surface area (Å²) < 4.78 is 11.5. The average Bonchev–Trinajstić information content (AvgIpc) is 2.96. The van der Waals surface area contributed by atoms with E-state index in [9.17, 15) is 0 Å². The van der Waals surface area contributed by atoms with Crippen molar-refractivity contribution in [3.05, 3.63) is 29.3 Å². The molecule has 1 fully saturated rings. The lowest BCUT2D eigenvalue weighted by atomic mass is 10.0. The first-order valence-corrected chi connectivity index (χ1v) is 7.75. The molecule has 1 N–H and O–H groups in total. The van der Waals surface area contributed by atoms with Crippen LogP contribution in [0, 0.1) is 12.8 Å². The molecule has 3 heteroatoms. The van der Waals surface area contributed by atoms with Crippen LogP contribution in [0.4, 0.5) is 0 Å². The van der Waals surface area contributed by atoms with Crippen molar-refractivity contribution in [3.63, 3.8) is 0 Å². The molecule has 0 amide bonds. The van der Waals surface area contributed by atoms with E-state index in [1.54, 1.807) is 0 Å². The fourth-order valence-electron chi connectivity index (χ4n) is 2.53. The highest BCUT2D eigenvalue weighted by Crippen LogP contribution is 2.27. The SMILES string of the molecule is CCCNC(C)c1cc(C)ccc1OCC1CCOC1. The number of hydrogen-bond acceptors (Lipinski definition) is 3. The second kappa shape index (κ2) is 7.65. The van der Waals surface area contributed by atoms with Crippen LogP contribution in [0.15, 0.2) is 18.2 Å². The van der Waals surface area contributed by atoms with Crippen LogP contribution >= 0.6 is 0 Å². The number of ether oxygens (including phenoxy) is 2. The molecule has 0 aliphatic carbocycles. The molecule has 1 aromatic rings. The van der Waals surface area contributed by atoms with E-state index < -0.39 is 0 Å². The van der Waals surface area contributed by atoms with Gasteiger partial charge in [-0.2, -0.15) is 0 Å². The molecule has 0 spiro atoms. The summed E-state index contributed by atoms with van der Waals surface area (Å²) in [6.07, 6.45) is 2.26. The predicted octanol–water partition coefficient (Wildman–Crippen LogP) is 3.47. The van der Waals surface area contributed by atoms with Gasteiger partial charge in [-0.05, 0) is 39.3 Å². The summed E-state index contributed by atoms with van der Waals surface area (Å²) in [6.45, 7) is 10.0. The zero-order valence-electron chi connectivity index (χ0n) is 12.9. The molecule has 1 saturated heterocycles. The van der Waals surface area contributed by atoms with Crippen molar-refractivity contribution in [1.29, 1.82) is 0 Å². The summed E-state index contributed by atoms with van der Waals surface area (Å²) in [5.41, 5.74) is 2.54. The monoisotopic (exact) mass is 277 g/mol. The summed E-state index contributed by atoms with van der Waals surface area (Å²) in [5, 5.41) is 3.54. The molecular weight excluding hydrogens is 250 g/mol. The van der Waals surface area contributed by atoms with Crippen molar-refractivity contribution >= 4 is 0 Å². The van der Waals surface area contributed by atoms with Gasteiger partial charge in [0.05, 0.1) is 13.2 Å². The van der Waals surface area contributed by atoms with Gasteiger partial charge in [0, 0.05) is 24.1 Å². The minimum Gasteiger partial charge on any atom is -0.493 e. The van der Waals surface area contributed by atoms with Gasteiger partial charge in [0.2, 0.25) is 0 Å². The van der Waals surface area contributed by atoms with Gasteiger partial charge >= 0.3 is 0 Å². The fraction of sp³-hybridized carbons (Fsp3) is 0.647. The summed E-state index contributed by atoms with van der Waals surface area (Å²) in [5.74, 6) is 1.56. The summed E-state index contributed by atoms with van der Waals surface area (Å²) in [6, 6.07) is 6.78. The van der Waals surface area contributed by atoms with Gasteiger partial charge in [0.1, 0.15) is 5.75 Å². The molecule has 2 atom stereocenters. The molecule has 1 aliphatic rings. The standard InChI is InChI=1S/C17H27NO2/c1-4-8-18-14(3)16-10-13(2)5-6-17(16)20-12-15-7-9-19-11-15/h5-6,10,14-15,18H,4,7-9,11-12H2,1-3H3. The highest BCUT2D eigenvalue weighted by Gasteiger charge is 2.18. The number of rotatable bonds is 7. The van der Waals surface area contributed by atoms with E-state index in [4.69, 9.17) is 9.47 Å². The van der Waals surface area contributed by atoms with Crippen molar-refractivity contribution in [2.75, 3.05) is 26.4 Å². The average molecular weight is 277 g/mol. The van der Waals surface area contributed by atoms with Crippen molar-refractivity contribution < 1.29 is 9.47 Å². The molecule has 20 heavy (non-hydrogen) atoms. The van der Waals surface area contributed by atoms with Crippen LogP contribution in [0.3, 0.4) is 0 Å². The van der Waals surface area contributed by atoms with Gasteiger partial charge in [-0.1, -0.05) is 24.6 Å². The Morgan fingerprint density at radius 2 is 2.30 bits per heavy atom. The van der Waals surface area contributed by atoms with Crippen LogP contribution in [-0.4, -0.2) is 26.4 Å². The Hall–Kier alpha value is -1.06. The van der Waals surface area contributed by atoms with E-state index in [2.05, 4.69) is 44.3 Å². The first-order chi connectivity index (χ1) is 9.70. The second-order valence-electron chi connectivity index (χ2n) is 5.76. The zero-order chi connectivity index (χ0) is 14.4. The van der Waals surface area contributed by atoms with Gasteiger partial charge < -0.3 is 14.8 Å². The summed E-state index contributed by atoms with van der Waals surface area (Å²) in [7, 11) is 0. The van der Waals surface area contributed by atoms with Crippen molar-refractivity contribution in [3.8, 4) is 5.75 Å². The zero-order valence-corrected chi connectivity index (χ0v) is 12.9. The molecule has 0 aromatic heterocycles. The fourth-order valence-corrected chi connectivity index (χ4v) is 2.53. The number of hydrogen-bond donors (Lipinski definition) is 1. The first kappa shape index (κ1) is 15.3. The minimum absolute atomic E-state index is 0.324. The van der Waals surface area contributed by atoms with Crippen LogP contribution < -0.4 is 10.1 Å². The van der Waals surface area contributed by atoms with Crippen LogP contribution in [0.5, 0.6) is 5.75 Å². The largest absolute Gasteiger partial charge is 0.493 e. The van der Waals surface area contributed by atoms with Crippen LogP contribution in [-0.2, 0) is 4.74 Å². The highest BCUT2D eigenvalue weighted by atomic mass is 16.5. The maximum absolute atomic E-state index is 6.06. The Labute approximate surface area is 122 Å². The topological polar surface area (TPSA) is 30.5 Å². The Balaban J connectivity index is 2.02. The molecule has 112 valence electrons. The normalized spacial score (nSPS) is 20.1. The van der Waals surface area contributed by atoms with Gasteiger partial charge in [-0.25, -0.2) is 0 Å². The maximum Gasteiger partial charge on any atom is 0.124 e.